The van der Waals surface area contributed by atoms with E-state index in [-0.39, 0.29) is 0 Å². The van der Waals surface area contributed by atoms with Gasteiger partial charge in [-0.1, -0.05) is 30.3 Å². The summed E-state index contributed by atoms with van der Waals surface area (Å²) < 4.78 is 0. The largest absolute Gasteiger partial charge is 0.380 e. The van der Waals surface area contributed by atoms with Gasteiger partial charge in [0.1, 0.15) is 11.9 Å². The van der Waals surface area contributed by atoms with Crippen LogP contribution in [0.25, 0.3) is 11.2 Å². The normalized spacial score (nSPS) is 12.8. The van der Waals surface area contributed by atoms with Gasteiger partial charge in [0.15, 0.2) is 5.65 Å². The summed E-state index contributed by atoms with van der Waals surface area (Å²) in [5.41, 5.74) is 3.40. The third-order valence-electron chi connectivity index (χ3n) is 2.99. The number of hydrogen-bond donors (Lipinski definition) is 2. The van der Waals surface area contributed by atoms with Crippen molar-refractivity contribution < 1.29 is 5.11 Å². The van der Waals surface area contributed by atoms with Gasteiger partial charge in [-0.2, -0.15) is 0 Å². The van der Waals surface area contributed by atoms with E-state index in [0.29, 0.717) is 11.5 Å². The van der Waals surface area contributed by atoms with Gasteiger partial charge in [0.05, 0.1) is 5.52 Å². The van der Waals surface area contributed by atoms with E-state index in [1.54, 1.807) is 6.20 Å². The summed E-state index contributed by atoms with van der Waals surface area (Å²) in [6.07, 6.45) is 0.969. The number of aliphatic hydroxyl groups is 1. The summed E-state index contributed by atoms with van der Waals surface area (Å²) in [4.78, 5) is 11.7. The lowest BCUT2D eigenvalue weighted by molar-refractivity contribution is 0.211. The number of benzene rings is 1. The molecule has 0 aliphatic rings. The fraction of sp³-hybridized carbons (Fsp3) is 0.143. The average Bonchev–Trinajstić information content (AvgIpc) is 2.84. The van der Waals surface area contributed by atoms with Crippen molar-refractivity contribution in [1.29, 1.82) is 0 Å². The molecule has 1 aromatic carbocycles. The monoisotopic (exact) mass is 239 g/mol. The standard InChI is InChI=1S/C14H13N3O/c1-9-7-8-15-13-11(9)16-14(17-13)12(18)10-5-3-2-4-6-10/h2-8,12,18H,1H3,(H,15,16,17). The molecule has 1 unspecified atom stereocenters. The Kier molecular flexibility index (Phi) is 2.57. The van der Waals surface area contributed by atoms with Gasteiger partial charge in [0.2, 0.25) is 0 Å². The molecule has 0 bridgehead atoms. The Morgan fingerprint density at radius 1 is 1.17 bits per heavy atom. The van der Waals surface area contributed by atoms with E-state index < -0.39 is 6.10 Å². The molecule has 2 aromatic heterocycles. The lowest BCUT2D eigenvalue weighted by Gasteiger charge is -2.06. The summed E-state index contributed by atoms with van der Waals surface area (Å²) in [7, 11) is 0. The van der Waals surface area contributed by atoms with E-state index in [1.807, 2.05) is 43.3 Å². The van der Waals surface area contributed by atoms with E-state index in [0.717, 1.165) is 16.6 Å². The predicted molar refractivity (Wildman–Crippen MR) is 69.1 cm³/mol. The van der Waals surface area contributed by atoms with Crippen LogP contribution in [0.1, 0.15) is 23.1 Å². The number of aryl methyl sites for hydroxylation is 1. The highest BCUT2D eigenvalue weighted by molar-refractivity contribution is 5.74. The number of imidazole rings is 1. The highest BCUT2D eigenvalue weighted by atomic mass is 16.3. The fourth-order valence-electron chi connectivity index (χ4n) is 1.98. The zero-order chi connectivity index (χ0) is 12.5. The number of fused-ring (bicyclic) bond motifs is 1. The maximum absolute atomic E-state index is 10.3. The summed E-state index contributed by atoms with van der Waals surface area (Å²) in [6.45, 7) is 1.99. The molecule has 2 heterocycles. The number of aromatic nitrogens is 3. The molecule has 4 nitrogen and oxygen atoms in total. The van der Waals surface area contributed by atoms with Crippen molar-refractivity contribution in [3.8, 4) is 0 Å². The molecule has 3 rings (SSSR count). The molecule has 90 valence electrons. The Balaban J connectivity index is 2.07. The molecule has 0 radical (unpaired) electrons. The maximum Gasteiger partial charge on any atom is 0.178 e. The molecule has 0 saturated carbocycles. The lowest BCUT2D eigenvalue weighted by Crippen LogP contribution is -2.01. The number of pyridine rings is 1. The topological polar surface area (TPSA) is 61.8 Å². The molecule has 3 aromatic rings. The lowest BCUT2D eigenvalue weighted by atomic mass is 10.1. The summed E-state index contributed by atoms with van der Waals surface area (Å²) in [6, 6.07) is 11.4. The number of nitrogens with zero attached hydrogens (tertiary/aromatic N) is 2. The molecule has 0 aliphatic carbocycles. The van der Waals surface area contributed by atoms with E-state index in [4.69, 9.17) is 0 Å². The molecule has 1 atom stereocenters. The van der Waals surface area contributed by atoms with Gasteiger partial charge in [-0.15, -0.1) is 0 Å². The van der Waals surface area contributed by atoms with Crippen molar-refractivity contribution in [3.05, 3.63) is 59.5 Å². The minimum atomic E-state index is -0.750. The van der Waals surface area contributed by atoms with Gasteiger partial charge >= 0.3 is 0 Å². The molecular weight excluding hydrogens is 226 g/mol. The summed E-state index contributed by atoms with van der Waals surface area (Å²) >= 11 is 0. The van der Waals surface area contributed by atoms with Gasteiger partial charge in [0.25, 0.3) is 0 Å². The second-order valence-corrected chi connectivity index (χ2v) is 4.26. The van der Waals surface area contributed by atoms with Gasteiger partial charge < -0.3 is 10.1 Å². The van der Waals surface area contributed by atoms with Crippen molar-refractivity contribution >= 4 is 11.2 Å². The zero-order valence-corrected chi connectivity index (χ0v) is 9.96. The maximum atomic E-state index is 10.3. The summed E-state index contributed by atoms with van der Waals surface area (Å²) in [5.74, 6) is 0.526. The number of aromatic amines is 1. The van der Waals surface area contributed by atoms with Crippen molar-refractivity contribution in [3.63, 3.8) is 0 Å². The average molecular weight is 239 g/mol. The van der Waals surface area contributed by atoms with E-state index in [2.05, 4.69) is 15.0 Å². The number of hydrogen-bond acceptors (Lipinski definition) is 3. The Bertz CT molecular complexity index is 676. The predicted octanol–water partition coefficient (Wildman–Crippen LogP) is 2.35. The first kappa shape index (κ1) is 10.9. The highest BCUT2D eigenvalue weighted by Gasteiger charge is 2.15. The van der Waals surface area contributed by atoms with Crippen LogP contribution in [0.15, 0.2) is 42.6 Å². The van der Waals surface area contributed by atoms with Gasteiger partial charge in [-0.05, 0) is 24.1 Å². The number of rotatable bonds is 2. The Labute approximate surface area is 104 Å². The number of nitrogens with one attached hydrogen (secondary N) is 1. The van der Waals surface area contributed by atoms with Crippen LogP contribution in [0.5, 0.6) is 0 Å². The smallest absolute Gasteiger partial charge is 0.178 e. The number of H-pyrrole nitrogens is 1. The molecule has 0 saturated heterocycles. The van der Waals surface area contributed by atoms with Crippen molar-refractivity contribution in [2.75, 3.05) is 0 Å². The molecule has 0 spiro atoms. The van der Waals surface area contributed by atoms with Crippen LogP contribution in [0, 0.1) is 6.92 Å². The zero-order valence-electron chi connectivity index (χ0n) is 9.96. The van der Waals surface area contributed by atoms with E-state index in [9.17, 15) is 5.11 Å². The molecular formula is C14H13N3O. The van der Waals surface area contributed by atoms with Crippen LogP contribution in [-0.2, 0) is 0 Å². The second kappa shape index (κ2) is 4.23. The first-order valence-electron chi connectivity index (χ1n) is 5.80. The number of aliphatic hydroxyl groups excluding tert-OH is 1. The first-order valence-corrected chi connectivity index (χ1v) is 5.80. The van der Waals surface area contributed by atoms with E-state index >= 15 is 0 Å². The Hall–Kier alpha value is -2.20. The van der Waals surface area contributed by atoms with Crippen LogP contribution in [0.3, 0.4) is 0 Å². The molecule has 18 heavy (non-hydrogen) atoms. The first-order chi connectivity index (χ1) is 8.75. The van der Waals surface area contributed by atoms with Crippen molar-refractivity contribution in [2.24, 2.45) is 0 Å². The SMILES string of the molecule is Cc1ccnc2nc(C(O)c3ccccc3)[nH]c12. The third-order valence-corrected chi connectivity index (χ3v) is 2.99. The minimum absolute atomic E-state index is 0.526. The molecule has 4 heteroatoms. The molecule has 2 N–H and O–H groups in total. The third kappa shape index (κ3) is 1.76. The van der Waals surface area contributed by atoms with Crippen LogP contribution in [-0.4, -0.2) is 20.1 Å². The quantitative estimate of drug-likeness (QED) is 0.721. The van der Waals surface area contributed by atoms with Crippen molar-refractivity contribution in [1.82, 2.24) is 15.0 Å². The van der Waals surface area contributed by atoms with Crippen LogP contribution in [0.4, 0.5) is 0 Å². The minimum Gasteiger partial charge on any atom is -0.380 e. The molecule has 0 amide bonds. The van der Waals surface area contributed by atoms with Crippen molar-refractivity contribution in [2.45, 2.75) is 13.0 Å². The van der Waals surface area contributed by atoms with Crippen LogP contribution in [0.2, 0.25) is 0 Å². The second-order valence-electron chi connectivity index (χ2n) is 4.26. The Morgan fingerprint density at radius 2 is 1.94 bits per heavy atom. The highest BCUT2D eigenvalue weighted by Crippen LogP contribution is 2.22. The van der Waals surface area contributed by atoms with Crippen LogP contribution < -0.4 is 0 Å². The van der Waals surface area contributed by atoms with E-state index in [1.165, 1.54) is 0 Å². The van der Waals surface area contributed by atoms with Crippen LogP contribution >= 0.6 is 0 Å². The van der Waals surface area contributed by atoms with Gasteiger partial charge in [-0.3, -0.25) is 0 Å². The Morgan fingerprint density at radius 3 is 2.67 bits per heavy atom. The molecule has 0 fully saturated rings. The molecule has 0 aliphatic heterocycles. The van der Waals surface area contributed by atoms with Gasteiger partial charge in [0, 0.05) is 6.20 Å². The fourth-order valence-corrected chi connectivity index (χ4v) is 1.98. The summed E-state index contributed by atoms with van der Waals surface area (Å²) in [5, 5.41) is 10.3. The van der Waals surface area contributed by atoms with Gasteiger partial charge in [-0.25, -0.2) is 9.97 Å².